The van der Waals surface area contributed by atoms with Crippen molar-refractivity contribution in [3.05, 3.63) is 34.9 Å². The van der Waals surface area contributed by atoms with Gasteiger partial charge < -0.3 is 0 Å². The van der Waals surface area contributed by atoms with Crippen LogP contribution >= 0.6 is 0 Å². The summed E-state index contributed by atoms with van der Waals surface area (Å²) in [7, 11) is 0. The van der Waals surface area contributed by atoms with Crippen LogP contribution in [0.5, 0.6) is 0 Å². The van der Waals surface area contributed by atoms with Crippen molar-refractivity contribution in [1.29, 1.82) is 0 Å². The number of rotatable bonds is 4. The minimum absolute atomic E-state index is 0.757. The maximum Gasteiger partial charge on any atom is -0.0253 e. The molecule has 0 saturated carbocycles. The molecule has 14 heavy (non-hydrogen) atoms. The van der Waals surface area contributed by atoms with E-state index in [0.29, 0.717) is 0 Å². The van der Waals surface area contributed by atoms with Crippen molar-refractivity contribution in [2.75, 3.05) is 0 Å². The van der Waals surface area contributed by atoms with Gasteiger partial charge in [0.15, 0.2) is 0 Å². The fourth-order valence-electron chi connectivity index (χ4n) is 1.87. The van der Waals surface area contributed by atoms with Crippen molar-refractivity contribution >= 4 is 0 Å². The van der Waals surface area contributed by atoms with E-state index >= 15 is 0 Å². The lowest BCUT2D eigenvalue weighted by atomic mass is 9.94. The second kappa shape index (κ2) is 5.19. The third-order valence-corrected chi connectivity index (χ3v) is 2.69. The largest absolute Gasteiger partial charge is 0.0625 e. The maximum absolute atomic E-state index is 2.37. The Morgan fingerprint density at radius 2 is 1.71 bits per heavy atom. The number of benzene rings is 1. The highest BCUT2D eigenvalue weighted by Crippen LogP contribution is 2.17. The van der Waals surface area contributed by atoms with E-state index < -0.39 is 0 Å². The standard InChI is InChI=1S/C14H22/c1-5-12-7-8-14(9-11(3)4)13(6-2)10-12/h7-8,10-11H,5-6,9H2,1-4H3. The van der Waals surface area contributed by atoms with Crippen molar-refractivity contribution in [3.63, 3.8) is 0 Å². The first kappa shape index (κ1) is 11.3. The van der Waals surface area contributed by atoms with Crippen molar-refractivity contribution < 1.29 is 0 Å². The van der Waals surface area contributed by atoms with E-state index in [1.165, 1.54) is 17.5 Å². The van der Waals surface area contributed by atoms with Crippen LogP contribution in [-0.2, 0) is 19.3 Å². The average Bonchev–Trinajstić information content (AvgIpc) is 2.17. The van der Waals surface area contributed by atoms with Crippen LogP contribution in [0.1, 0.15) is 44.4 Å². The summed E-state index contributed by atoms with van der Waals surface area (Å²) in [5, 5.41) is 0. The maximum atomic E-state index is 2.37. The van der Waals surface area contributed by atoms with Gasteiger partial charge in [0.05, 0.1) is 0 Å². The monoisotopic (exact) mass is 190 g/mol. The molecule has 1 aromatic rings. The first-order chi connectivity index (χ1) is 6.67. The Hall–Kier alpha value is -0.780. The molecule has 0 aliphatic heterocycles. The molecule has 0 nitrogen and oxygen atoms in total. The van der Waals surface area contributed by atoms with Gasteiger partial charge in [0.25, 0.3) is 0 Å². The summed E-state index contributed by atoms with van der Waals surface area (Å²) in [6.07, 6.45) is 3.53. The lowest BCUT2D eigenvalue weighted by Gasteiger charge is -2.11. The van der Waals surface area contributed by atoms with Crippen molar-refractivity contribution in [3.8, 4) is 0 Å². The number of hydrogen-bond acceptors (Lipinski definition) is 0. The summed E-state index contributed by atoms with van der Waals surface area (Å²) in [5.74, 6) is 0.757. The Balaban J connectivity index is 2.93. The fourth-order valence-corrected chi connectivity index (χ4v) is 1.87. The highest BCUT2D eigenvalue weighted by molar-refractivity contribution is 5.32. The summed E-state index contributed by atoms with van der Waals surface area (Å²) in [6, 6.07) is 6.96. The quantitative estimate of drug-likeness (QED) is 0.673. The van der Waals surface area contributed by atoms with Crippen LogP contribution in [-0.4, -0.2) is 0 Å². The van der Waals surface area contributed by atoms with Gasteiger partial charge in [-0.2, -0.15) is 0 Å². The number of aryl methyl sites for hydroxylation is 2. The van der Waals surface area contributed by atoms with E-state index in [9.17, 15) is 0 Å². The molecule has 0 aliphatic rings. The Bertz CT molecular complexity index is 284. The summed E-state index contributed by atoms with van der Waals surface area (Å²) >= 11 is 0. The lowest BCUT2D eigenvalue weighted by Crippen LogP contribution is -1.99. The Morgan fingerprint density at radius 1 is 1.00 bits per heavy atom. The molecule has 0 spiro atoms. The first-order valence-electron chi connectivity index (χ1n) is 5.78. The SMILES string of the molecule is CCc1ccc(CC(C)C)c(CC)c1. The van der Waals surface area contributed by atoms with Gasteiger partial charge in [-0.05, 0) is 41.9 Å². The van der Waals surface area contributed by atoms with Gasteiger partial charge in [-0.3, -0.25) is 0 Å². The van der Waals surface area contributed by atoms with Crippen LogP contribution in [0.15, 0.2) is 18.2 Å². The first-order valence-corrected chi connectivity index (χ1v) is 5.78. The normalized spacial score (nSPS) is 10.9. The summed E-state index contributed by atoms with van der Waals surface area (Å²) in [6.45, 7) is 9.04. The second-order valence-electron chi connectivity index (χ2n) is 4.41. The van der Waals surface area contributed by atoms with Crippen LogP contribution in [0.2, 0.25) is 0 Å². The van der Waals surface area contributed by atoms with E-state index in [0.717, 1.165) is 18.8 Å². The highest BCUT2D eigenvalue weighted by Gasteiger charge is 2.03. The molecule has 0 amide bonds. The topological polar surface area (TPSA) is 0 Å². The zero-order valence-electron chi connectivity index (χ0n) is 9.93. The average molecular weight is 190 g/mol. The molecule has 78 valence electrons. The minimum Gasteiger partial charge on any atom is -0.0625 e. The van der Waals surface area contributed by atoms with Crippen molar-refractivity contribution in [2.45, 2.75) is 47.0 Å². The van der Waals surface area contributed by atoms with Gasteiger partial charge in [0, 0.05) is 0 Å². The van der Waals surface area contributed by atoms with Crippen LogP contribution in [0.25, 0.3) is 0 Å². The van der Waals surface area contributed by atoms with Gasteiger partial charge in [-0.25, -0.2) is 0 Å². The molecule has 0 N–H and O–H groups in total. The molecule has 0 bridgehead atoms. The molecule has 1 rings (SSSR count). The molecule has 0 unspecified atom stereocenters. The van der Waals surface area contributed by atoms with Gasteiger partial charge in [-0.15, -0.1) is 0 Å². The molecule has 0 atom stereocenters. The predicted octanol–water partition coefficient (Wildman–Crippen LogP) is 4.01. The summed E-state index contributed by atoms with van der Waals surface area (Å²) < 4.78 is 0. The Morgan fingerprint density at radius 3 is 2.21 bits per heavy atom. The molecular weight excluding hydrogens is 168 g/mol. The van der Waals surface area contributed by atoms with E-state index in [4.69, 9.17) is 0 Å². The van der Waals surface area contributed by atoms with Gasteiger partial charge in [-0.1, -0.05) is 45.9 Å². The van der Waals surface area contributed by atoms with Crippen LogP contribution in [0, 0.1) is 5.92 Å². The Labute approximate surface area is 88.4 Å². The smallest absolute Gasteiger partial charge is 0.0253 e. The summed E-state index contributed by atoms with van der Waals surface area (Å²) in [4.78, 5) is 0. The zero-order chi connectivity index (χ0) is 10.6. The third-order valence-electron chi connectivity index (χ3n) is 2.69. The van der Waals surface area contributed by atoms with Crippen LogP contribution in [0.4, 0.5) is 0 Å². The van der Waals surface area contributed by atoms with Gasteiger partial charge in [0.1, 0.15) is 0 Å². The second-order valence-corrected chi connectivity index (χ2v) is 4.41. The summed E-state index contributed by atoms with van der Waals surface area (Å²) in [5.41, 5.74) is 4.55. The highest BCUT2D eigenvalue weighted by atomic mass is 14.1. The van der Waals surface area contributed by atoms with Crippen LogP contribution in [0.3, 0.4) is 0 Å². The molecule has 0 aliphatic carbocycles. The van der Waals surface area contributed by atoms with Crippen LogP contribution < -0.4 is 0 Å². The zero-order valence-corrected chi connectivity index (χ0v) is 9.93. The fraction of sp³-hybridized carbons (Fsp3) is 0.571. The van der Waals surface area contributed by atoms with E-state index in [2.05, 4.69) is 45.9 Å². The molecule has 0 radical (unpaired) electrons. The predicted molar refractivity (Wildman–Crippen MR) is 63.7 cm³/mol. The minimum atomic E-state index is 0.757. The molecule has 0 saturated heterocycles. The van der Waals surface area contributed by atoms with Gasteiger partial charge >= 0.3 is 0 Å². The van der Waals surface area contributed by atoms with E-state index in [1.54, 1.807) is 5.56 Å². The van der Waals surface area contributed by atoms with Gasteiger partial charge in [0.2, 0.25) is 0 Å². The lowest BCUT2D eigenvalue weighted by molar-refractivity contribution is 0.643. The molecule has 0 fully saturated rings. The molecular formula is C14H22. The number of hydrogen-bond donors (Lipinski definition) is 0. The molecule has 0 aromatic heterocycles. The molecule has 0 heteroatoms. The Kier molecular flexibility index (Phi) is 4.19. The van der Waals surface area contributed by atoms with E-state index in [1.807, 2.05) is 0 Å². The van der Waals surface area contributed by atoms with Crippen molar-refractivity contribution in [2.24, 2.45) is 5.92 Å². The van der Waals surface area contributed by atoms with Crippen molar-refractivity contribution in [1.82, 2.24) is 0 Å². The third kappa shape index (κ3) is 2.87. The van der Waals surface area contributed by atoms with E-state index in [-0.39, 0.29) is 0 Å². The molecule has 0 heterocycles. The molecule has 1 aromatic carbocycles.